The van der Waals surface area contributed by atoms with Gasteiger partial charge in [-0.2, -0.15) is 0 Å². The first-order valence-corrected chi connectivity index (χ1v) is 7.31. The van der Waals surface area contributed by atoms with Crippen molar-refractivity contribution in [2.24, 2.45) is 5.92 Å². The second-order valence-corrected chi connectivity index (χ2v) is 6.65. The molecule has 0 aliphatic rings. The highest BCUT2D eigenvalue weighted by molar-refractivity contribution is 7.11. The number of rotatable bonds is 7. The van der Waals surface area contributed by atoms with Gasteiger partial charge in [-0.15, -0.1) is 21.5 Å². The molecule has 0 amide bonds. The molecule has 4 heteroatoms. The summed E-state index contributed by atoms with van der Waals surface area (Å²) in [7, 11) is 0. The molecule has 0 aromatic carbocycles. The van der Waals surface area contributed by atoms with Crippen molar-refractivity contribution in [2.45, 2.75) is 52.9 Å². The van der Waals surface area contributed by atoms with Crippen LogP contribution in [-0.4, -0.2) is 23.3 Å². The van der Waals surface area contributed by atoms with Gasteiger partial charge in [0.15, 0.2) is 0 Å². The van der Waals surface area contributed by atoms with Crippen molar-refractivity contribution in [3.8, 4) is 0 Å². The number of aromatic nitrogens is 2. The summed E-state index contributed by atoms with van der Waals surface area (Å²) in [6, 6.07) is 0. The zero-order valence-electron chi connectivity index (χ0n) is 11.7. The van der Waals surface area contributed by atoms with Crippen molar-refractivity contribution in [1.29, 1.82) is 0 Å². The van der Waals surface area contributed by atoms with Crippen LogP contribution < -0.4 is 5.32 Å². The molecule has 0 spiro atoms. The van der Waals surface area contributed by atoms with Gasteiger partial charge in [0.1, 0.15) is 10.0 Å². The Morgan fingerprint density at radius 2 is 2.00 bits per heavy atom. The van der Waals surface area contributed by atoms with Gasteiger partial charge in [0, 0.05) is 18.4 Å². The number of hydrogen-bond donors (Lipinski definition) is 1. The molecular formula is C13H25N3S. The summed E-state index contributed by atoms with van der Waals surface area (Å²) in [6.07, 6.45) is 2.09. The lowest BCUT2D eigenvalue weighted by atomic mass is 9.91. The van der Waals surface area contributed by atoms with Crippen LogP contribution in [0.25, 0.3) is 0 Å². The highest BCUT2D eigenvalue weighted by atomic mass is 32.1. The topological polar surface area (TPSA) is 37.8 Å². The van der Waals surface area contributed by atoms with Gasteiger partial charge in [0.25, 0.3) is 0 Å². The zero-order valence-corrected chi connectivity index (χ0v) is 12.5. The molecule has 0 unspecified atom stereocenters. The third-order valence-electron chi connectivity index (χ3n) is 3.00. The quantitative estimate of drug-likeness (QED) is 0.761. The minimum absolute atomic E-state index is 0.168. The summed E-state index contributed by atoms with van der Waals surface area (Å²) in [5, 5.41) is 14.3. The van der Waals surface area contributed by atoms with E-state index in [1.54, 1.807) is 11.3 Å². The predicted molar refractivity (Wildman–Crippen MR) is 74.6 cm³/mol. The molecule has 0 bridgehead atoms. The third-order valence-corrected chi connectivity index (χ3v) is 4.35. The van der Waals surface area contributed by atoms with Crippen LogP contribution in [0.3, 0.4) is 0 Å². The molecule has 1 aromatic rings. The van der Waals surface area contributed by atoms with Crippen LogP contribution in [0.15, 0.2) is 0 Å². The molecule has 0 atom stereocenters. The highest BCUT2D eigenvalue weighted by Gasteiger charge is 2.22. The lowest BCUT2D eigenvalue weighted by molar-refractivity contribution is 0.498. The highest BCUT2D eigenvalue weighted by Crippen LogP contribution is 2.29. The van der Waals surface area contributed by atoms with E-state index in [2.05, 4.69) is 50.1 Å². The number of hydrogen-bond acceptors (Lipinski definition) is 4. The summed E-state index contributed by atoms with van der Waals surface area (Å²) < 4.78 is 0. The van der Waals surface area contributed by atoms with Gasteiger partial charge in [-0.05, 0) is 18.9 Å². The van der Waals surface area contributed by atoms with E-state index in [4.69, 9.17) is 0 Å². The van der Waals surface area contributed by atoms with E-state index in [-0.39, 0.29) is 5.41 Å². The van der Waals surface area contributed by atoms with Gasteiger partial charge in [-0.1, -0.05) is 34.6 Å². The second kappa shape index (κ2) is 6.45. The van der Waals surface area contributed by atoms with Gasteiger partial charge in [0.05, 0.1) is 0 Å². The van der Waals surface area contributed by atoms with E-state index in [1.165, 1.54) is 5.01 Å². The van der Waals surface area contributed by atoms with Crippen molar-refractivity contribution >= 4 is 11.3 Å². The van der Waals surface area contributed by atoms with E-state index in [0.717, 1.165) is 30.9 Å². The fraction of sp³-hybridized carbons (Fsp3) is 0.846. The van der Waals surface area contributed by atoms with E-state index in [0.29, 0.717) is 5.92 Å². The molecule has 0 radical (unpaired) electrons. The Kier molecular flexibility index (Phi) is 5.53. The molecule has 1 rings (SSSR count). The molecule has 0 saturated carbocycles. The van der Waals surface area contributed by atoms with Crippen LogP contribution in [0.1, 0.15) is 51.1 Å². The first-order valence-electron chi connectivity index (χ1n) is 6.49. The predicted octanol–water partition coefficient (Wildman–Crippen LogP) is 3.01. The molecule has 1 N–H and O–H groups in total. The molecule has 17 heavy (non-hydrogen) atoms. The van der Waals surface area contributed by atoms with Gasteiger partial charge in [-0.3, -0.25) is 0 Å². The average molecular weight is 255 g/mol. The molecular weight excluding hydrogens is 230 g/mol. The van der Waals surface area contributed by atoms with E-state index >= 15 is 0 Å². The fourth-order valence-corrected chi connectivity index (χ4v) is 2.38. The lowest BCUT2D eigenvalue weighted by Gasteiger charge is -2.17. The Bertz CT molecular complexity index is 331. The number of nitrogens with one attached hydrogen (secondary N) is 1. The third kappa shape index (κ3) is 4.72. The first-order chi connectivity index (χ1) is 7.95. The number of nitrogens with zero attached hydrogens (tertiary/aromatic N) is 2. The maximum atomic E-state index is 4.31. The van der Waals surface area contributed by atoms with Crippen LogP contribution >= 0.6 is 11.3 Å². The average Bonchev–Trinajstić information content (AvgIpc) is 2.73. The van der Waals surface area contributed by atoms with Crippen LogP contribution in [-0.2, 0) is 11.8 Å². The first kappa shape index (κ1) is 14.6. The fourth-order valence-electron chi connectivity index (χ4n) is 1.37. The monoisotopic (exact) mass is 255 g/mol. The smallest absolute Gasteiger partial charge is 0.123 e. The van der Waals surface area contributed by atoms with E-state index in [9.17, 15) is 0 Å². The normalized spacial score (nSPS) is 12.4. The van der Waals surface area contributed by atoms with Crippen LogP contribution in [0, 0.1) is 5.92 Å². The van der Waals surface area contributed by atoms with Crippen molar-refractivity contribution in [1.82, 2.24) is 15.5 Å². The minimum atomic E-state index is 0.168. The summed E-state index contributed by atoms with van der Waals surface area (Å²) in [5.41, 5.74) is 0.168. The van der Waals surface area contributed by atoms with Crippen molar-refractivity contribution in [3.05, 3.63) is 10.0 Å². The van der Waals surface area contributed by atoms with Crippen molar-refractivity contribution in [2.75, 3.05) is 13.1 Å². The standard InChI is InChI=1S/C13H25N3S/c1-6-13(4,5)12-16-15-11(17-12)7-8-14-9-10(2)3/h10,14H,6-9H2,1-5H3. The molecule has 0 fully saturated rings. The van der Waals surface area contributed by atoms with Crippen LogP contribution in [0.2, 0.25) is 0 Å². The minimum Gasteiger partial charge on any atom is -0.316 e. The molecule has 1 aromatic heterocycles. The van der Waals surface area contributed by atoms with Gasteiger partial charge >= 0.3 is 0 Å². The molecule has 0 aliphatic carbocycles. The Morgan fingerprint density at radius 3 is 2.59 bits per heavy atom. The second-order valence-electron chi connectivity index (χ2n) is 5.59. The van der Waals surface area contributed by atoms with E-state index in [1.807, 2.05) is 0 Å². The zero-order chi connectivity index (χ0) is 12.9. The maximum Gasteiger partial charge on any atom is 0.123 e. The van der Waals surface area contributed by atoms with Crippen LogP contribution in [0.5, 0.6) is 0 Å². The largest absolute Gasteiger partial charge is 0.316 e. The molecule has 3 nitrogen and oxygen atoms in total. The summed E-state index contributed by atoms with van der Waals surface area (Å²) in [5.74, 6) is 0.707. The summed E-state index contributed by atoms with van der Waals surface area (Å²) in [4.78, 5) is 0. The van der Waals surface area contributed by atoms with E-state index < -0.39 is 0 Å². The molecule has 98 valence electrons. The van der Waals surface area contributed by atoms with Crippen molar-refractivity contribution in [3.63, 3.8) is 0 Å². The maximum absolute atomic E-state index is 4.31. The van der Waals surface area contributed by atoms with Crippen molar-refractivity contribution < 1.29 is 0 Å². The summed E-state index contributed by atoms with van der Waals surface area (Å²) in [6.45, 7) is 13.2. The molecule has 0 aliphatic heterocycles. The Hall–Kier alpha value is -0.480. The summed E-state index contributed by atoms with van der Waals surface area (Å²) >= 11 is 1.76. The Morgan fingerprint density at radius 1 is 1.29 bits per heavy atom. The molecule has 1 heterocycles. The SMILES string of the molecule is CCC(C)(C)c1nnc(CCNCC(C)C)s1. The van der Waals surface area contributed by atoms with Gasteiger partial charge in [-0.25, -0.2) is 0 Å². The Balaban J connectivity index is 2.41. The molecule has 0 saturated heterocycles. The van der Waals surface area contributed by atoms with Gasteiger partial charge in [0.2, 0.25) is 0 Å². The van der Waals surface area contributed by atoms with Crippen LogP contribution in [0.4, 0.5) is 0 Å². The Labute approximate surface area is 109 Å². The lowest BCUT2D eigenvalue weighted by Crippen LogP contribution is -2.22. The van der Waals surface area contributed by atoms with Gasteiger partial charge < -0.3 is 5.32 Å².